The Morgan fingerprint density at radius 3 is 2.80 bits per heavy atom. The van der Waals surface area contributed by atoms with E-state index in [1.807, 2.05) is 23.6 Å². The molecule has 4 nitrogen and oxygen atoms in total. The van der Waals surface area contributed by atoms with E-state index in [0.29, 0.717) is 5.76 Å². The van der Waals surface area contributed by atoms with E-state index < -0.39 is 4.92 Å². The van der Waals surface area contributed by atoms with Gasteiger partial charge in [0.05, 0.1) is 10.9 Å². The van der Waals surface area contributed by atoms with Crippen LogP contribution in [0.5, 0.6) is 0 Å². The lowest BCUT2D eigenvalue weighted by Gasteiger charge is -2.05. The average molecular weight is 417 g/mol. The Morgan fingerprint density at radius 2 is 2.10 bits per heavy atom. The summed E-state index contributed by atoms with van der Waals surface area (Å²) in [5, 5.41) is 13.8. The summed E-state index contributed by atoms with van der Waals surface area (Å²) in [7, 11) is 0. The Balaban J connectivity index is 2.05. The maximum atomic E-state index is 10.7. The molecule has 1 atom stereocenters. The summed E-state index contributed by atoms with van der Waals surface area (Å²) in [5.41, 5.74) is 1.04. The van der Waals surface area contributed by atoms with Crippen LogP contribution in [-0.4, -0.2) is 4.92 Å². The number of rotatable bonds is 3. The molecule has 102 valence electrons. The number of nitrogens with zero attached hydrogens (tertiary/aromatic N) is 1. The standard InChI is InChI=1S/C13H7Br2NO3S/c14-9-3-1-2-7-8(6-20-13(7)9)12(15)10-4-5-11(19-10)16(17)18/h1-6,12H. The first-order valence-corrected chi connectivity index (χ1v) is 8.20. The number of thiophene rings is 1. The third-order valence-electron chi connectivity index (χ3n) is 2.90. The maximum absolute atomic E-state index is 10.7. The van der Waals surface area contributed by atoms with E-state index in [9.17, 15) is 10.1 Å². The van der Waals surface area contributed by atoms with E-state index in [4.69, 9.17) is 4.42 Å². The predicted octanol–water partition coefficient (Wildman–Crippen LogP) is 5.65. The summed E-state index contributed by atoms with van der Waals surface area (Å²) >= 11 is 8.70. The lowest BCUT2D eigenvalue weighted by molar-refractivity contribution is -0.402. The van der Waals surface area contributed by atoms with Gasteiger partial charge in [0, 0.05) is 9.17 Å². The molecular formula is C13H7Br2NO3S. The zero-order chi connectivity index (χ0) is 14.3. The largest absolute Gasteiger partial charge is 0.433 e. The Bertz CT molecular complexity index is 796. The first-order chi connectivity index (χ1) is 9.58. The van der Waals surface area contributed by atoms with Crippen molar-refractivity contribution in [3.63, 3.8) is 0 Å². The molecule has 0 amide bonds. The van der Waals surface area contributed by atoms with E-state index in [2.05, 4.69) is 31.9 Å². The number of benzene rings is 1. The molecule has 0 aliphatic heterocycles. The van der Waals surface area contributed by atoms with Crippen LogP contribution in [0.1, 0.15) is 16.2 Å². The number of furan rings is 1. The second kappa shape index (κ2) is 5.31. The zero-order valence-corrected chi connectivity index (χ0v) is 13.9. The van der Waals surface area contributed by atoms with Crippen LogP contribution in [0.25, 0.3) is 10.1 Å². The van der Waals surface area contributed by atoms with Gasteiger partial charge in [-0.15, -0.1) is 11.3 Å². The highest BCUT2D eigenvalue weighted by atomic mass is 79.9. The van der Waals surface area contributed by atoms with Crippen molar-refractivity contribution in [3.8, 4) is 0 Å². The fourth-order valence-electron chi connectivity index (χ4n) is 1.97. The van der Waals surface area contributed by atoms with Crippen molar-refractivity contribution in [2.75, 3.05) is 0 Å². The maximum Gasteiger partial charge on any atom is 0.433 e. The van der Waals surface area contributed by atoms with Gasteiger partial charge in [-0.05, 0) is 44.4 Å². The average Bonchev–Trinajstić information content (AvgIpc) is 3.05. The number of fused-ring (bicyclic) bond motifs is 1. The van der Waals surface area contributed by atoms with Gasteiger partial charge in [-0.25, -0.2) is 0 Å². The molecule has 2 aromatic heterocycles. The number of nitro groups is 1. The molecule has 3 rings (SSSR count). The smallest absolute Gasteiger partial charge is 0.404 e. The molecule has 0 saturated heterocycles. The van der Waals surface area contributed by atoms with Crippen LogP contribution in [0, 0.1) is 10.1 Å². The van der Waals surface area contributed by atoms with Crippen molar-refractivity contribution in [1.82, 2.24) is 0 Å². The van der Waals surface area contributed by atoms with E-state index in [-0.39, 0.29) is 10.7 Å². The molecule has 20 heavy (non-hydrogen) atoms. The van der Waals surface area contributed by atoms with Crippen molar-refractivity contribution in [1.29, 1.82) is 0 Å². The van der Waals surface area contributed by atoms with Gasteiger partial charge in [0.1, 0.15) is 10.7 Å². The molecule has 0 aliphatic carbocycles. The van der Waals surface area contributed by atoms with Gasteiger partial charge >= 0.3 is 5.88 Å². The van der Waals surface area contributed by atoms with Crippen molar-refractivity contribution >= 4 is 59.2 Å². The lowest BCUT2D eigenvalue weighted by atomic mass is 10.1. The van der Waals surface area contributed by atoms with Crippen LogP contribution in [0.3, 0.4) is 0 Å². The second-order valence-electron chi connectivity index (χ2n) is 4.10. The number of hydrogen-bond acceptors (Lipinski definition) is 4. The minimum Gasteiger partial charge on any atom is -0.404 e. The van der Waals surface area contributed by atoms with E-state index >= 15 is 0 Å². The molecule has 0 spiro atoms. The van der Waals surface area contributed by atoms with Crippen LogP contribution in [0.15, 0.2) is 44.6 Å². The van der Waals surface area contributed by atoms with Crippen LogP contribution < -0.4 is 0 Å². The number of alkyl halides is 1. The molecule has 0 saturated carbocycles. The molecule has 7 heteroatoms. The van der Waals surface area contributed by atoms with Gasteiger partial charge in [-0.1, -0.05) is 28.1 Å². The van der Waals surface area contributed by atoms with E-state index in [0.717, 1.165) is 20.1 Å². The summed E-state index contributed by atoms with van der Waals surface area (Å²) in [5.74, 6) is 0.279. The van der Waals surface area contributed by atoms with Gasteiger partial charge < -0.3 is 4.42 Å². The molecule has 1 aromatic carbocycles. The summed E-state index contributed by atoms with van der Waals surface area (Å²) in [6.07, 6.45) is 0. The monoisotopic (exact) mass is 415 g/mol. The van der Waals surface area contributed by atoms with Gasteiger partial charge in [0.15, 0.2) is 0 Å². The van der Waals surface area contributed by atoms with Crippen molar-refractivity contribution in [3.05, 3.63) is 61.6 Å². The topological polar surface area (TPSA) is 56.3 Å². The molecule has 0 fully saturated rings. The molecule has 0 bridgehead atoms. The molecule has 3 aromatic rings. The Labute approximate surface area is 134 Å². The highest BCUT2D eigenvalue weighted by Crippen LogP contribution is 2.41. The van der Waals surface area contributed by atoms with Crippen LogP contribution in [-0.2, 0) is 0 Å². The SMILES string of the molecule is O=[N+]([O-])c1ccc(C(Br)c2csc3c(Br)cccc23)o1. The zero-order valence-electron chi connectivity index (χ0n) is 9.88. The van der Waals surface area contributed by atoms with Crippen LogP contribution >= 0.6 is 43.2 Å². The third kappa shape index (κ3) is 2.30. The van der Waals surface area contributed by atoms with Crippen LogP contribution in [0.2, 0.25) is 0 Å². The van der Waals surface area contributed by atoms with Gasteiger partial charge in [0.25, 0.3) is 0 Å². The highest BCUT2D eigenvalue weighted by molar-refractivity contribution is 9.10. The molecule has 1 unspecified atom stereocenters. The van der Waals surface area contributed by atoms with Crippen molar-refractivity contribution in [2.24, 2.45) is 0 Å². The molecule has 2 heterocycles. The molecule has 0 radical (unpaired) electrons. The Morgan fingerprint density at radius 1 is 1.30 bits per heavy atom. The molecule has 0 N–H and O–H groups in total. The highest BCUT2D eigenvalue weighted by Gasteiger charge is 2.22. The first-order valence-electron chi connectivity index (χ1n) is 5.61. The van der Waals surface area contributed by atoms with Gasteiger partial charge in [-0.2, -0.15) is 0 Å². The Hall–Kier alpha value is -1.18. The lowest BCUT2D eigenvalue weighted by Crippen LogP contribution is -1.89. The van der Waals surface area contributed by atoms with E-state index in [1.54, 1.807) is 17.4 Å². The van der Waals surface area contributed by atoms with E-state index in [1.165, 1.54) is 6.07 Å². The number of hydrogen-bond donors (Lipinski definition) is 0. The fraction of sp³-hybridized carbons (Fsp3) is 0.0769. The summed E-state index contributed by atoms with van der Waals surface area (Å²) < 4.78 is 7.44. The van der Waals surface area contributed by atoms with Crippen LogP contribution in [0.4, 0.5) is 5.88 Å². The van der Waals surface area contributed by atoms with Gasteiger partial charge in [-0.3, -0.25) is 10.1 Å². The normalized spacial score (nSPS) is 12.7. The first kappa shape index (κ1) is 13.8. The summed E-state index contributed by atoms with van der Waals surface area (Å²) in [6, 6.07) is 8.97. The minimum absolute atomic E-state index is 0.209. The summed E-state index contributed by atoms with van der Waals surface area (Å²) in [6.45, 7) is 0. The molecule has 0 aliphatic rings. The minimum atomic E-state index is -0.536. The second-order valence-corrected chi connectivity index (χ2v) is 6.75. The predicted molar refractivity (Wildman–Crippen MR) is 85.7 cm³/mol. The van der Waals surface area contributed by atoms with Crippen molar-refractivity contribution < 1.29 is 9.34 Å². The fourth-order valence-corrected chi connectivity index (χ4v) is 4.42. The molecular weight excluding hydrogens is 410 g/mol. The summed E-state index contributed by atoms with van der Waals surface area (Å²) in [4.78, 5) is 9.93. The number of halogens is 2. The Kier molecular flexibility index (Phi) is 3.66. The van der Waals surface area contributed by atoms with Crippen molar-refractivity contribution in [2.45, 2.75) is 4.83 Å². The third-order valence-corrected chi connectivity index (χ3v) is 5.81. The van der Waals surface area contributed by atoms with Gasteiger partial charge in [0.2, 0.25) is 0 Å². The quantitative estimate of drug-likeness (QED) is 0.315.